The zero-order valence-corrected chi connectivity index (χ0v) is 17.5. The second-order valence-electron chi connectivity index (χ2n) is 6.51. The van der Waals surface area contributed by atoms with Crippen LogP contribution in [0.5, 0.6) is 5.75 Å². The van der Waals surface area contributed by atoms with Crippen LogP contribution in [0.15, 0.2) is 59.5 Å². The molecule has 2 N–H and O–H groups in total. The Kier molecular flexibility index (Phi) is 5.88. The number of nitrogens with one attached hydrogen (secondary N) is 2. The van der Waals surface area contributed by atoms with Crippen LogP contribution in [0.3, 0.4) is 0 Å². The van der Waals surface area contributed by atoms with Gasteiger partial charge in [0.1, 0.15) is 28.1 Å². The first kappa shape index (κ1) is 20.4. The lowest BCUT2D eigenvalue weighted by Gasteiger charge is -2.14. The van der Waals surface area contributed by atoms with Gasteiger partial charge in [0.15, 0.2) is 0 Å². The van der Waals surface area contributed by atoms with Crippen LogP contribution in [-0.4, -0.2) is 39.6 Å². The summed E-state index contributed by atoms with van der Waals surface area (Å²) in [5.74, 6) is 2.39. The third-order valence-electron chi connectivity index (χ3n) is 4.05. The molecule has 1 heterocycles. The van der Waals surface area contributed by atoms with Crippen LogP contribution in [0.1, 0.15) is 5.82 Å². The van der Waals surface area contributed by atoms with Gasteiger partial charge in [-0.25, -0.2) is 18.4 Å². The van der Waals surface area contributed by atoms with Crippen LogP contribution in [0.2, 0.25) is 0 Å². The first-order chi connectivity index (χ1) is 13.8. The molecule has 0 saturated heterocycles. The molecule has 1 aromatic heterocycles. The lowest BCUT2D eigenvalue weighted by atomic mass is 10.3. The van der Waals surface area contributed by atoms with E-state index >= 15 is 0 Å². The summed E-state index contributed by atoms with van der Waals surface area (Å²) in [6.45, 7) is 1.83. The molecule has 0 aliphatic heterocycles. The van der Waals surface area contributed by atoms with Crippen LogP contribution in [0.25, 0.3) is 0 Å². The smallest absolute Gasteiger partial charge is 0.265 e. The van der Waals surface area contributed by atoms with Gasteiger partial charge in [0, 0.05) is 31.5 Å². The number of hydrogen-bond donors (Lipinski definition) is 2. The van der Waals surface area contributed by atoms with E-state index in [2.05, 4.69) is 20.0 Å². The first-order valence-electron chi connectivity index (χ1n) is 8.84. The molecule has 9 heteroatoms. The van der Waals surface area contributed by atoms with Crippen LogP contribution in [0, 0.1) is 6.92 Å². The Labute approximate surface area is 170 Å². The van der Waals surface area contributed by atoms with Gasteiger partial charge < -0.3 is 15.0 Å². The summed E-state index contributed by atoms with van der Waals surface area (Å²) in [4.78, 5) is 10.7. The van der Waals surface area contributed by atoms with Crippen molar-refractivity contribution in [1.82, 2.24) is 9.97 Å². The summed E-state index contributed by atoms with van der Waals surface area (Å²) < 4.78 is 33.0. The van der Waals surface area contributed by atoms with Crippen molar-refractivity contribution < 1.29 is 13.2 Å². The molecule has 3 rings (SSSR count). The molecule has 152 valence electrons. The van der Waals surface area contributed by atoms with E-state index in [1.54, 1.807) is 42.5 Å². The standard InChI is InChI=1S/C20H23N5O3S/c1-14-21-19(13-20(22-14)25(2)3)23-15-9-11-16(12-10-15)24-29(26,27)18-8-6-5-7-17(18)28-4/h5-13,24H,1-4H3,(H,21,22,23). The fourth-order valence-corrected chi connectivity index (χ4v) is 3.90. The second-order valence-corrected chi connectivity index (χ2v) is 8.16. The van der Waals surface area contributed by atoms with E-state index in [1.807, 2.05) is 32.0 Å². The van der Waals surface area contributed by atoms with Crippen LogP contribution in [0.4, 0.5) is 23.0 Å². The highest BCUT2D eigenvalue weighted by Crippen LogP contribution is 2.26. The van der Waals surface area contributed by atoms with E-state index in [0.717, 1.165) is 11.5 Å². The number of aryl methyl sites for hydroxylation is 1. The minimum atomic E-state index is -3.77. The highest BCUT2D eigenvalue weighted by Gasteiger charge is 2.19. The predicted octanol–water partition coefficient (Wildman–Crippen LogP) is 3.40. The molecule has 0 aliphatic rings. The Morgan fingerprint density at radius 1 is 0.966 bits per heavy atom. The maximum Gasteiger partial charge on any atom is 0.265 e. The third kappa shape index (κ3) is 4.94. The molecule has 0 spiro atoms. The number of methoxy groups -OCH3 is 1. The summed E-state index contributed by atoms with van der Waals surface area (Å²) in [5, 5.41) is 3.20. The molecule has 0 saturated carbocycles. The van der Waals surface area contributed by atoms with Crippen molar-refractivity contribution in [1.29, 1.82) is 0 Å². The topological polar surface area (TPSA) is 96.5 Å². The molecular formula is C20H23N5O3S. The Bertz CT molecular complexity index is 1100. The normalized spacial score (nSPS) is 11.0. The number of hydrogen-bond acceptors (Lipinski definition) is 7. The molecular weight excluding hydrogens is 390 g/mol. The zero-order chi connectivity index (χ0) is 21.0. The maximum absolute atomic E-state index is 12.7. The van der Waals surface area contributed by atoms with Gasteiger partial charge in [0.25, 0.3) is 10.0 Å². The number of ether oxygens (including phenoxy) is 1. The monoisotopic (exact) mass is 413 g/mol. The van der Waals surface area contributed by atoms with Crippen molar-refractivity contribution >= 4 is 33.0 Å². The number of rotatable bonds is 7. The van der Waals surface area contributed by atoms with Crippen LogP contribution >= 0.6 is 0 Å². The van der Waals surface area contributed by atoms with Gasteiger partial charge in [0.05, 0.1) is 7.11 Å². The van der Waals surface area contributed by atoms with Gasteiger partial charge in [0.2, 0.25) is 0 Å². The van der Waals surface area contributed by atoms with Gasteiger partial charge in [-0.05, 0) is 43.3 Å². The zero-order valence-electron chi connectivity index (χ0n) is 16.7. The molecule has 0 bridgehead atoms. The number of nitrogens with zero attached hydrogens (tertiary/aromatic N) is 3. The van der Waals surface area contributed by atoms with Gasteiger partial charge in [-0.1, -0.05) is 12.1 Å². The molecule has 0 unspecified atom stereocenters. The van der Waals surface area contributed by atoms with E-state index in [1.165, 1.54) is 13.2 Å². The molecule has 29 heavy (non-hydrogen) atoms. The summed E-state index contributed by atoms with van der Waals surface area (Å²) in [6.07, 6.45) is 0. The average Bonchev–Trinajstić information content (AvgIpc) is 2.68. The summed E-state index contributed by atoms with van der Waals surface area (Å²) in [7, 11) is 1.49. The van der Waals surface area contributed by atoms with E-state index in [-0.39, 0.29) is 10.6 Å². The molecule has 0 radical (unpaired) electrons. The molecule has 3 aromatic rings. The lowest BCUT2D eigenvalue weighted by Crippen LogP contribution is -2.14. The number of sulfonamides is 1. The van der Waals surface area contributed by atoms with E-state index in [0.29, 0.717) is 17.3 Å². The van der Waals surface area contributed by atoms with Crippen LogP contribution in [-0.2, 0) is 10.0 Å². The molecule has 8 nitrogen and oxygen atoms in total. The summed E-state index contributed by atoms with van der Waals surface area (Å²) in [6, 6.07) is 15.2. The number of para-hydroxylation sites is 1. The first-order valence-corrected chi connectivity index (χ1v) is 10.3. The lowest BCUT2D eigenvalue weighted by molar-refractivity contribution is 0.403. The Morgan fingerprint density at radius 2 is 1.62 bits per heavy atom. The predicted molar refractivity (Wildman–Crippen MR) is 115 cm³/mol. The van der Waals surface area contributed by atoms with Gasteiger partial charge in [-0.15, -0.1) is 0 Å². The maximum atomic E-state index is 12.7. The highest BCUT2D eigenvalue weighted by molar-refractivity contribution is 7.92. The Hall–Kier alpha value is -3.33. The third-order valence-corrected chi connectivity index (χ3v) is 5.47. The van der Waals surface area contributed by atoms with Crippen molar-refractivity contribution in [2.75, 3.05) is 36.1 Å². The molecule has 0 fully saturated rings. The van der Waals surface area contributed by atoms with E-state index < -0.39 is 10.0 Å². The largest absolute Gasteiger partial charge is 0.495 e. The number of aromatic nitrogens is 2. The number of benzene rings is 2. The number of anilines is 4. The van der Waals surface area contributed by atoms with Gasteiger partial charge in [-0.3, -0.25) is 4.72 Å². The highest BCUT2D eigenvalue weighted by atomic mass is 32.2. The van der Waals surface area contributed by atoms with Crippen molar-refractivity contribution in [3.8, 4) is 5.75 Å². The average molecular weight is 414 g/mol. The van der Waals surface area contributed by atoms with Gasteiger partial charge >= 0.3 is 0 Å². The van der Waals surface area contributed by atoms with Crippen molar-refractivity contribution in [2.45, 2.75) is 11.8 Å². The minimum absolute atomic E-state index is 0.0809. The van der Waals surface area contributed by atoms with E-state index in [9.17, 15) is 8.42 Å². The molecule has 0 amide bonds. The quantitative estimate of drug-likeness (QED) is 0.613. The SMILES string of the molecule is COc1ccccc1S(=O)(=O)Nc1ccc(Nc2cc(N(C)C)nc(C)n2)cc1. The summed E-state index contributed by atoms with van der Waals surface area (Å²) >= 11 is 0. The van der Waals surface area contributed by atoms with Gasteiger partial charge in [-0.2, -0.15) is 0 Å². The minimum Gasteiger partial charge on any atom is -0.495 e. The Morgan fingerprint density at radius 3 is 2.28 bits per heavy atom. The fourth-order valence-electron chi connectivity index (χ4n) is 2.67. The van der Waals surface area contributed by atoms with Crippen molar-refractivity contribution in [3.63, 3.8) is 0 Å². The van der Waals surface area contributed by atoms with Crippen LogP contribution < -0.4 is 19.7 Å². The van der Waals surface area contributed by atoms with Crippen molar-refractivity contribution in [3.05, 3.63) is 60.4 Å². The summed E-state index contributed by atoms with van der Waals surface area (Å²) in [5.41, 5.74) is 1.21. The molecule has 0 aliphatic carbocycles. The molecule has 2 aromatic carbocycles. The second kappa shape index (κ2) is 8.36. The Balaban J connectivity index is 1.77. The van der Waals surface area contributed by atoms with Crippen molar-refractivity contribution in [2.24, 2.45) is 0 Å². The molecule has 0 atom stereocenters. The fraction of sp³-hybridized carbons (Fsp3) is 0.200. The van der Waals surface area contributed by atoms with E-state index in [4.69, 9.17) is 4.74 Å².